The summed E-state index contributed by atoms with van der Waals surface area (Å²) in [6.07, 6.45) is 2.32. The van der Waals surface area contributed by atoms with Gasteiger partial charge in [-0.15, -0.1) is 0 Å². The quantitative estimate of drug-likeness (QED) is 0.869. The van der Waals surface area contributed by atoms with Crippen LogP contribution in [0.2, 0.25) is 0 Å². The second-order valence-electron chi connectivity index (χ2n) is 5.28. The topological polar surface area (TPSA) is 41.9 Å². The molecular formula is C16H25NO3. The zero-order valence-electron chi connectivity index (χ0n) is 12.5. The third-order valence-corrected chi connectivity index (χ3v) is 3.60. The van der Waals surface area contributed by atoms with Crippen molar-refractivity contribution >= 4 is 0 Å². The van der Waals surface area contributed by atoms with Crippen LogP contribution in [0.5, 0.6) is 11.5 Å². The molecule has 0 bridgehead atoms. The van der Waals surface area contributed by atoms with Crippen LogP contribution in [0.1, 0.15) is 32.3 Å². The lowest BCUT2D eigenvalue weighted by atomic mass is 10.1. The van der Waals surface area contributed by atoms with Crippen LogP contribution in [0, 0.1) is 0 Å². The van der Waals surface area contributed by atoms with Crippen molar-refractivity contribution < 1.29 is 14.6 Å². The number of phenols is 1. The lowest BCUT2D eigenvalue weighted by Crippen LogP contribution is -2.41. The van der Waals surface area contributed by atoms with Gasteiger partial charge in [0.2, 0.25) is 0 Å². The Labute approximate surface area is 121 Å². The van der Waals surface area contributed by atoms with Crippen molar-refractivity contribution in [2.24, 2.45) is 0 Å². The normalized spacial score (nSPS) is 20.0. The highest BCUT2D eigenvalue weighted by atomic mass is 16.5. The van der Waals surface area contributed by atoms with Crippen molar-refractivity contribution in [3.63, 3.8) is 0 Å². The second-order valence-corrected chi connectivity index (χ2v) is 5.28. The number of nitrogens with zero attached hydrogens (tertiary/aromatic N) is 1. The Morgan fingerprint density at radius 2 is 2.25 bits per heavy atom. The number of hydrogen-bond donors (Lipinski definition) is 1. The van der Waals surface area contributed by atoms with Gasteiger partial charge in [0.15, 0.2) is 0 Å². The largest absolute Gasteiger partial charge is 0.507 e. The third-order valence-electron chi connectivity index (χ3n) is 3.60. The fourth-order valence-electron chi connectivity index (χ4n) is 2.40. The summed E-state index contributed by atoms with van der Waals surface area (Å²) in [7, 11) is 0. The first-order valence-corrected chi connectivity index (χ1v) is 7.51. The lowest BCUT2D eigenvalue weighted by Gasteiger charge is -2.32. The molecule has 0 spiro atoms. The van der Waals surface area contributed by atoms with Crippen molar-refractivity contribution in [1.82, 2.24) is 4.90 Å². The highest BCUT2D eigenvalue weighted by Gasteiger charge is 2.19. The smallest absolute Gasteiger partial charge is 0.123 e. The van der Waals surface area contributed by atoms with Gasteiger partial charge in [0, 0.05) is 31.3 Å². The average molecular weight is 279 g/mol. The predicted molar refractivity (Wildman–Crippen MR) is 79.2 cm³/mol. The summed E-state index contributed by atoms with van der Waals surface area (Å²) >= 11 is 0. The van der Waals surface area contributed by atoms with Crippen molar-refractivity contribution in [2.75, 3.05) is 26.3 Å². The fourth-order valence-corrected chi connectivity index (χ4v) is 2.40. The molecule has 4 nitrogen and oxygen atoms in total. The van der Waals surface area contributed by atoms with Gasteiger partial charge >= 0.3 is 0 Å². The molecular weight excluding hydrogens is 254 g/mol. The lowest BCUT2D eigenvalue weighted by molar-refractivity contribution is -0.0326. The van der Waals surface area contributed by atoms with Gasteiger partial charge in [0.25, 0.3) is 0 Å². The molecule has 20 heavy (non-hydrogen) atoms. The van der Waals surface area contributed by atoms with Crippen molar-refractivity contribution in [1.29, 1.82) is 0 Å². The molecule has 0 aromatic heterocycles. The van der Waals surface area contributed by atoms with Gasteiger partial charge in [-0.25, -0.2) is 0 Å². The maximum Gasteiger partial charge on any atom is 0.123 e. The average Bonchev–Trinajstić information content (AvgIpc) is 2.48. The van der Waals surface area contributed by atoms with E-state index in [2.05, 4.69) is 18.7 Å². The van der Waals surface area contributed by atoms with E-state index in [0.29, 0.717) is 18.5 Å². The predicted octanol–water partition coefficient (Wildman–Crippen LogP) is 2.79. The van der Waals surface area contributed by atoms with E-state index in [9.17, 15) is 5.11 Å². The second kappa shape index (κ2) is 7.50. The van der Waals surface area contributed by atoms with E-state index in [4.69, 9.17) is 9.47 Å². The molecule has 1 fully saturated rings. The van der Waals surface area contributed by atoms with Gasteiger partial charge < -0.3 is 14.6 Å². The molecule has 2 rings (SSSR count). The number of aromatic hydroxyl groups is 1. The highest BCUT2D eigenvalue weighted by Crippen LogP contribution is 2.25. The maximum atomic E-state index is 10.1. The Morgan fingerprint density at radius 3 is 2.95 bits per heavy atom. The van der Waals surface area contributed by atoms with Gasteiger partial charge in [0.05, 0.1) is 19.3 Å². The van der Waals surface area contributed by atoms with Crippen LogP contribution in [0.25, 0.3) is 0 Å². The van der Waals surface area contributed by atoms with Crippen LogP contribution in [0.15, 0.2) is 18.2 Å². The standard InChI is InChI=1S/C16H25NO3/c1-3-8-19-15-6-5-13(16(18)10-15)11-17-7-9-20-14(4-2)12-17/h5-6,10,14,18H,3-4,7-9,11-12H2,1-2H3. The van der Waals surface area contributed by atoms with E-state index >= 15 is 0 Å². The number of morpholine rings is 1. The highest BCUT2D eigenvalue weighted by molar-refractivity contribution is 5.39. The van der Waals surface area contributed by atoms with Gasteiger partial charge in [-0.1, -0.05) is 19.9 Å². The zero-order valence-corrected chi connectivity index (χ0v) is 12.5. The molecule has 1 aliphatic heterocycles. The van der Waals surface area contributed by atoms with Crippen LogP contribution in [-0.4, -0.2) is 42.4 Å². The Morgan fingerprint density at radius 1 is 1.40 bits per heavy atom. The van der Waals surface area contributed by atoms with Crippen LogP contribution in [-0.2, 0) is 11.3 Å². The number of phenolic OH excluding ortho intramolecular Hbond substituents is 1. The molecule has 0 aliphatic carbocycles. The minimum Gasteiger partial charge on any atom is -0.507 e. The van der Waals surface area contributed by atoms with Crippen molar-refractivity contribution in [3.05, 3.63) is 23.8 Å². The Hall–Kier alpha value is -1.26. The molecule has 1 heterocycles. The first kappa shape index (κ1) is 15.1. The van der Waals surface area contributed by atoms with E-state index in [0.717, 1.165) is 50.4 Å². The van der Waals surface area contributed by atoms with Crippen LogP contribution in [0.3, 0.4) is 0 Å². The minimum absolute atomic E-state index is 0.318. The van der Waals surface area contributed by atoms with Crippen molar-refractivity contribution in [2.45, 2.75) is 39.3 Å². The third kappa shape index (κ3) is 4.12. The first-order valence-electron chi connectivity index (χ1n) is 7.51. The first-order chi connectivity index (χ1) is 9.72. The number of rotatable bonds is 6. The van der Waals surface area contributed by atoms with Gasteiger partial charge in [-0.2, -0.15) is 0 Å². The fraction of sp³-hybridized carbons (Fsp3) is 0.625. The van der Waals surface area contributed by atoms with Crippen molar-refractivity contribution in [3.8, 4) is 11.5 Å². The summed E-state index contributed by atoms with van der Waals surface area (Å²) in [6, 6.07) is 5.60. The SMILES string of the molecule is CCCOc1ccc(CN2CCOC(CC)C2)c(O)c1. The van der Waals surface area contributed by atoms with Crippen LogP contribution in [0.4, 0.5) is 0 Å². The van der Waals surface area contributed by atoms with Crippen LogP contribution >= 0.6 is 0 Å². The number of benzene rings is 1. The molecule has 112 valence electrons. The molecule has 4 heteroatoms. The van der Waals surface area contributed by atoms with Gasteiger partial charge in [0.1, 0.15) is 11.5 Å². The monoisotopic (exact) mass is 279 g/mol. The molecule has 1 unspecified atom stereocenters. The van der Waals surface area contributed by atoms with Crippen LogP contribution < -0.4 is 4.74 Å². The van der Waals surface area contributed by atoms with E-state index in [1.165, 1.54) is 0 Å². The Balaban J connectivity index is 1.95. The number of hydrogen-bond acceptors (Lipinski definition) is 4. The molecule has 0 amide bonds. The molecule has 1 aliphatic rings. The van der Waals surface area contributed by atoms with E-state index in [-0.39, 0.29) is 0 Å². The summed E-state index contributed by atoms with van der Waals surface area (Å²) in [5, 5.41) is 10.1. The minimum atomic E-state index is 0.318. The molecule has 0 saturated carbocycles. The summed E-state index contributed by atoms with van der Waals surface area (Å²) in [6.45, 7) is 8.29. The van der Waals surface area contributed by atoms with Gasteiger partial charge in [-0.05, 0) is 18.9 Å². The Bertz CT molecular complexity index is 422. The summed E-state index contributed by atoms with van der Waals surface area (Å²) in [4.78, 5) is 2.33. The summed E-state index contributed by atoms with van der Waals surface area (Å²) < 4.78 is 11.2. The molecule has 1 saturated heterocycles. The van der Waals surface area contributed by atoms with E-state index < -0.39 is 0 Å². The molecule has 1 aromatic carbocycles. The number of ether oxygens (including phenoxy) is 2. The summed E-state index contributed by atoms with van der Waals surface area (Å²) in [5.41, 5.74) is 0.950. The Kier molecular flexibility index (Phi) is 5.68. The molecule has 1 aromatic rings. The molecule has 0 radical (unpaired) electrons. The van der Waals surface area contributed by atoms with E-state index in [1.54, 1.807) is 6.07 Å². The zero-order chi connectivity index (χ0) is 14.4. The van der Waals surface area contributed by atoms with E-state index in [1.807, 2.05) is 12.1 Å². The van der Waals surface area contributed by atoms with Gasteiger partial charge in [-0.3, -0.25) is 4.90 Å². The summed E-state index contributed by atoms with van der Waals surface area (Å²) in [5.74, 6) is 1.06. The molecule has 1 N–H and O–H groups in total. The maximum absolute atomic E-state index is 10.1. The molecule has 1 atom stereocenters.